The molecule has 3 aliphatic heterocycles. The van der Waals surface area contributed by atoms with Crippen molar-refractivity contribution < 1.29 is 27.6 Å². The summed E-state index contributed by atoms with van der Waals surface area (Å²) in [7, 11) is -3.57. The van der Waals surface area contributed by atoms with Crippen LogP contribution in [0.3, 0.4) is 0 Å². The SMILES string of the molecule is CCCCN1C(=O)C(=O)N(CC(=O)N2CCCc3cc(S(=O)(=O)N4CCCC4)ccc32)C1=O. The van der Waals surface area contributed by atoms with Crippen molar-refractivity contribution in [3.8, 4) is 0 Å². The van der Waals surface area contributed by atoms with Gasteiger partial charge in [-0.25, -0.2) is 18.1 Å². The molecule has 0 radical (unpaired) electrons. The van der Waals surface area contributed by atoms with Crippen molar-refractivity contribution in [2.75, 3.05) is 37.6 Å². The summed E-state index contributed by atoms with van der Waals surface area (Å²) in [6, 6.07) is 3.96. The summed E-state index contributed by atoms with van der Waals surface area (Å²) in [5.41, 5.74) is 1.30. The molecule has 0 bridgehead atoms. The molecule has 0 aromatic heterocycles. The third kappa shape index (κ3) is 4.26. The van der Waals surface area contributed by atoms with E-state index in [9.17, 15) is 27.6 Å². The van der Waals surface area contributed by atoms with E-state index in [1.54, 1.807) is 12.1 Å². The maximum Gasteiger partial charge on any atom is 0.334 e. The zero-order valence-corrected chi connectivity index (χ0v) is 19.5. The fraction of sp³-hybridized carbons (Fsp3) is 0.545. The van der Waals surface area contributed by atoms with Gasteiger partial charge >= 0.3 is 17.8 Å². The molecule has 11 heteroatoms. The van der Waals surface area contributed by atoms with Gasteiger partial charge in [0.2, 0.25) is 15.9 Å². The van der Waals surface area contributed by atoms with Gasteiger partial charge in [0.05, 0.1) is 4.90 Å². The molecule has 3 heterocycles. The molecule has 0 N–H and O–H groups in total. The maximum atomic E-state index is 13.0. The number of carbonyl (C=O) groups excluding carboxylic acids is 4. The van der Waals surface area contributed by atoms with Gasteiger partial charge in [0.1, 0.15) is 6.54 Å². The minimum Gasteiger partial charge on any atom is -0.311 e. The third-order valence-corrected chi connectivity index (χ3v) is 8.23. The van der Waals surface area contributed by atoms with E-state index in [4.69, 9.17) is 0 Å². The molecule has 0 atom stereocenters. The highest BCUT2D eigenvalue weighted by molar-refractivity contribution is 7.89. The lowest BCUT2D eigenvalue weighted by Gasteiger charge is -2.31. The monoisotopic (exact) mass is 476 g/mol. The highest BCUT2D eigenvalue weighted by atomic mass is 32.2. The Kier molecular flexibility index (Phi) is 6.53. The summed E-state index contributed by atoms with van der Waals surface area (Å²) in [6.45, 7) is 2.92. The number of unbranched alkanes of at least 4 members (excludes halogenated alkanes) is 1. The fourth-order valence-electron chi connectivity index (χ4n) is 4.49. The second-order valence-electron chi connectivity index (χ2n) is 8.53. The number of urea groups is 1. The number of carbonyl (C=O) groups is 4. The van der Waals surface area contributed by atoms with Gasteiger partial charge in [-0.15, -0.1) is 0 Å². The number of sulfonamides is 1. The Morgan fingerprint density at radius 2 is 1.67 bits per heavy atom. The number of amides is 5. The number of hydrogen-bond donors (Lipinski definition) is 0. The highest BCUT2D eigenvalue weighted by Gasteiger charge is 2.45. The van der Waals surface area contributed by atoms with Gasteiger partial charge in [-0.05, 0) is 55.9 Å². The number of benzene rings is 1. The van der Waals surface area contributed by atoms with E-state index >= 15 is 0 Å². The smallest absolute Gasteiger partial charge is 0.311 e. The van der Waals surface area contributed by atoms with Crippen molar-refractivity contribution in [2.45, 2.75) is 50.3 Å². The Morgan fingerprint density at radius 3 is 2.36 bits per heavy atom. The summed E-state index contributed by atoms with van der Waals surface area (Å²) in [6.07, 6.45) is 4.26. The average Bonchev–Trinajstić information content (AvgIpc) is 3.42. The van der Waals surface area contributed by atoms with Gasteiger partial charge in [-0.2, -0.15) is 4.31 Å². The van der Waals surface area contributed by atoms with Crippen molar-refractivity contribution in [3.05, 3.63) is 23.8 Å². The predicted octanol–water partition coefficient (Wildman–Crippen LogP) is 1.34. The molecule has 5 amide bonds. The molecule has 0 aliphatic carbocycles. The molecule has 0 saturated carbocycles. The molecule has 33 heavy (non-hydrogen) atoms. The number of imide groups is 2. The molecule has 4 rings (SSSR count). The molecule has 10 nitrogen and oxygen atoms in total. The predicted molar refractivity (Wildman–Crippen MR) is 119 cm³/mol. The van der Waals surface area contributed by atoms with Gasteiger partial charge in [0, 0.05) is 31.9 Å². The lowest BCUT2D eigenvalue weighted by Crippen LogP contribution is -2.45. The van der Waals surface area contributed by atoms with Crippen LogP contribution in [0.5, 0.6) is 0 Å². The summed E-state index contributed by atoms with van der Waals surface area (Å²) in [4.78, 5) is 53.3. The van der Waals surface area contributed by atoms with Crippen LogP contribution in [0.25, 0.3) is 0 Å². The van der Waals surface area contributed by atoms with E-state index in [2.05, 4.69) is 0 Å². The Balaban J connectivity index is 1.52. The van der Waals surface area contributed by atoms with E-state index in [-0.39, 0.29) is 11.4 Å². The molecule has 2 saturated heterocycles. The first kappa shape index (κ1) is 23.4. The van der Waals surface area contributed by atoms with Gasteiger partial charge in [-0.1, -0.05) is 13.3 Å². The number of rotatable bonds is 7. The lowest BCUT2D eigenvalue weighted by molar-refractivity contribution is -0.143. The summed E-state index contributed by atoms with van der Waals surface area (Å²) in [5.74, 6) is -2.39. The van der Waals surface area contributed by atoms with Gasteiger partial charge in [0.15, 0.2) is 0 Å². The summed E-state index contributed by atoms with van der Waals surface area (Å²) in [5, 5.41) is 0. The normalized spacial score (nSPS) is 19.5. The summed E-state index contributed by atoms with van der Waals surface area (Å²) >= 11 is 0. The standard InChI is InChI=1S/C22H28N4O6S/c1-2-3-12-25-20(28)21(29)26(22(25)30)15-19(27)24-13-6-7-16-14-17(8-9-18(16)24)33(31,32)23-10-4-5-11-23/h8-9,14H,2-7,10-13,15H2,1H3. The van der Waals surface area contributed by atoms with Gasteiger partial charge in [-0.3, -0.25) is 19.3 Å². The van der Waals surface area contributed by atoms with Crippen LogP contribution in [0.15, 0.2) is 23.1 Å². The van der Waals surface area contributed by atoms with Crippen molar-refractivity contribution in [2.24, 2.45) is 0 Å². The van der Waals surface area contributed by atoms with Crippen LogP contribution in [0.2, 0.25) is 0 Å². The first-order valence-electron chi connectivity index (χ1n) is 11.4. The molecule has 178 valence electrons. The Labute approximate surface area is 193 Å². The van der Waals surface area contributed by atoms with Crippen LogP contribution < -0.4 is 4.90 Å². The topological polar surface area (TPSA) is 115 Å². The molecule has 1 aromatic rings. The number of fused-ring (bicyclic) bond motifs is 1. The fourth-order valence-corrected chi connectivity index (χ4v) is 6.06. The molecular weight excluding hydrogens is 448 g/mol. The Morgan fingerprint density at radius 1 is 0.970 bits per heavy atom. The minimum atomic E-state index is -3.57. The van der Waals surface area contributed by atoms with Crippen LogP contribution in [0.4, 0.5) is 10.5 Å². The maximum absolute atomic E-state index is 13.0. The zero-order valence-electron chi connectivity index (χ0n) is 18.7. The second kappa shape index (κ2) is 9.22. The lowest BCUT2D eigenvalue weighted by atomic mass is 10.0. The van der Waals surface area contributed by atoms with E-state index < -0.39 is 40.3 Å². The van der Waals surface area contributed by atoms with E-state index in [1.165, 1.54) is 15.3 Å². The first-order valence-corrected chi connectivity index (χ1v) is 12.8. The number of hydrogen-bond acceptors (Lipinski definition) is 6. The van der Waals surface area contributed by atoms with Crippen molar-refractivity contribution in [3.63, 3.8) is 0 Å². The molecular formula is C22H28N4O6S. The molecule has 2 fully saturated rings. The highest BCUT2D eigenvalue weighted by Crippen LogP contribution is 2.31. The third-order valence-electron chi connectivity index (χ3n) is 6.34. The van der Waals surface area contributed by atoms with E-state index in [0.29, 0.717) is 49.5 Å². The van der Waals surface area contributed by atoms with E-state index in [1.807, 2.05) is 6.92 Å². The van der Waals surface area contributed by atoms with Crippen LogP contribution in [0, 0.1) is 0 Å². The Bertz CT molecular complexity index is 1100. The molecule has 3 aliphatic rings. The molecule has 0 unspecified atom stereocenters. The quantitative estimate of drug-likeness (QED) is 0.433. The minimum absolute atomic E-state index is 0.144. The largest absolute Gasteiger partial charge is 0.334 e. The summed E-state index contributed by atoms with van der Waals surface area (Å²) < 4.78 is 27.3. The number of anilines is 1. The number of nitrogens with zero attached hydrogens (tertiary/aromatic N) is 4. The number of aryl methyl sites for hydroxylation is 1. The van der Waals surface area contributed by atoms with Crippen LogP contribution in [-0.2, 0) is 30.8 Å². The first-order chi connectivity index (χ1) is 15.8. The second-order valence-corrected chi connectivity index (χ2v) is 10.5. The van der Waals surface area contributed by atoms with Gasteiger partial charge in [0.25, 0.3) is 0 Å². The van der Waals surface area contributed by atoms with E-state index in [0.717, 1.165) is 29.7 Å². The van der Waals surface area contributed by atoms with Gasteiger partial charge < -0.3 is 4.90 Å². The van der Waals surface area contributed by atoms with Crippen LogP contribution >= 0.6 is 0 Å². The van der Waals surface area contributed by atoms with Crippen molar-refractivity contribution >= 4 is 39.5 Å². The zero-order chi connectivity index (χ0) is 23.8. The van der Waals surface area contributed by atoms with Crippen LogP contribution in [0.1, 0.15) is 44.6 Å². The average molecular weight is 477 g/mol. The van der Waals surface area contributed by atoms with Crippen molar-refractivity contribution in [1.82, 2.24) is 14.1 Å². The Hall–Kier alpha value is -2.79. The molecule has 1 aromatic carbocycles. The van der Waals surface area contributed by atoms with Crippen LogP contribution in [-0.4, -0.2) is 79.0 Å². The molecule has 0 spiro atoms. The van der Waals surface area contributed by atoms with Crippen molar-refractivity contribution in [1.29, 1.82) is 0 Å².